The summed E-state index contributed by atoms with van der Waals surface area (Å²) in [4.78, 5) is 25.6. The standard InChI is InChI=1S/C23H19N3O4/c1-29-19-12-5-7-14-13-17(23(28)30-20(14)19)22(27)24-21-16-10-6-11-18(16)25-26(21)15-8-3-2-4-9-15/h2-5,7-9,12-13H,6,10-11H2,1H3,(H,24,27). The molecule has 7 nitrogen and oxygen atoms in total. The molecule has 7 heteroatoms. The summed E-state index contributed by atoms with van der Waals surface area (Å²) in [5.41, 5.74) is 2.37. The number of nitrogens with one attached hydrogen (secondary N) is 1. The van der Waals surface area contributed by atoms with Gasteiger partial charge in [0, 0.05) is 10.9 Å². The number of fused-ring (bicyclic) bond motifs is 2. The molecular formula is C23H19N3O4. The van der Waals surface area contributed by atoms with Gasteiger partial charge >= 0.3 is 5.63 Å². The van der Waals surface area contributed by atoms with Crippen LogP contribution >= 0.6 is 0 Å². The van der Waals surface area contributed by atoms with Crippen LogP contribution in [-0.2, 0) is 12.8 Å². The number of carbonyl (C=O) groups excluding carboxylic acids is 1. The third kappa shape index (κ3) is 2.95. The van der Waals surface area contributed by atoms with Gasteiger partial charge in [0.25, 0.3) is 5.91 Å². The van der Waals surface area contributed by atoms with Crippen molar-refractivity contribution in [3.63, 3.8) is 0 Å². The molecule has 0 aliphatic heterocycles. The van der Waals surface area contributed by atoms with Gasteiger partial charge < -0.3 is 14.5 Å². The maximum Gasteiger partial charge on any atom is 0.349 e. The van der Waals surface area contributed by atoms with Gasteiger partial charge in [-0.3, -0.25) is 4.79 Å². The first-order valence-corrected chi connectivity index (χ1v) is 9.74. The van der Waals surface area contributed by atoms with Crippen LogP contribution in [0.4, 0.5) is 5.82 Å². The van der Waals surface area contributed by atoms with Crippen LogP contribution in [0, 0.1) is 0 Å². The molecule has 0 radical (unpaired) electrons. The van der Waals surface area contributed by atoms with Crippen molar-refractivity contribution in [2.24, 2.45) is 0 Å². The van der Waals surface area contributed by atoms with Crippen molar-refractivity contribution in [2.75, 3.05) is 12.4 Å². The van der Waals surface area contributed by atoms with Gasteiger partial charge in [-0.1, -0.05) is 30.3 Å². The maximum atomic E-state index is 13.1. The summed E-state index contributed by atoms with van der Waals surface area (Å²) in [7, 11) is 1.50. The van der Waals surface area contributed by atoms with E-state index in [-0.39, 0.29) is 5.56 Å². The van der Waals surface area contributed by atoms with Crippen LogP contribution in [0.2, 0.25) is 0 Å². The van der Waals surface area contributed by atoms with E-state index in [4.69, 9.17) is 9.15 Å². The molecule has 0 spiro atoms. The Morgan fingerprint density at radius 3 is 2.77 bits per heavy atom. The minimum Gasteiger partial charge on any atom is -0.493 e. The molecule has 4 aromatic rings. The number of nitrogens with zero attached hydrogens (tertiary/aromatic N) is 2. The second-order valence-electron chi connectivity index (χ2n) is 7.16. The fourth-order valence-corrected chi connectivity index (χ4v) is 3.89. The zero-order chi connectivity index (χ0) is 20.7. The van der Waals surface area contributed by atoms with Gasteiger partial charge in [0.1, 0.15) is 11.4 Å². The van der Waals surface area contributed by atoms with E-state index in [0.29, 0.717) is 22.5 Å². The van der Waals surface area contributed by atoms with Gasteiger partial charge in [0.2, 0.25) is 0 Å². The Balaban J connectivity index is 1.57. The van der Waals surface area contributed by atoms with Gasteiger partial charge in [0.15, 0.2) is 11.3 Å². The van der Waals surface area contributed by atoms with Crippen molar-refractivity contribution in [2.45, 2.75) is 19.3 Å². The minimum absolute atomic E-state index is 0.0664. The second-order valence-corrected chi connectivity index (χ2v) is 7.16. The highest BCUT2D eigenvalue weighted by molar-refractivity contribution is 6.05. The first-order valence-electron chi connectivity index (χ1n) is 9.74. The van der Waals surface area contributed by atoms with E-state index in [1.54, 1.807) is 22.9 Å². The summed E-state index contributed by atoms with van der Waals surface area (Å²) in [6, 6.07) is 16.4. The van der Waals surface area contributed by atoms with Crippen LogP contribution in [0.25, 0.3) is 16.7 Å². The van der Waals surface area contributed by atoms with E-state index < -0.39 is 11.5 Å². The number of rotatable bonds is 4. The van der Waals surface area contributed by atoms with Gasteiger partial charge in [-0.2, -0.15) is 5.10 Å². The van der Waals surface area contributed by atoms with Crippen LogP contribution in [0.3, 0.4) is 0 Å². The molecular weight excluding hydrogens is 382 g/mol. The molecule has 2 aromatic carbocycles. The number of hydrogen-bond acceptors (Lipinski definition) is 5. The fraction of sp³-hybridized carbons (Fsp3) is 0.174. The van der Waals surface area contributed by atoms with Crippen molar-refractivity contribution in [1.29, 1.82) is 0 Å². The molecule has 1 aliphatic rings. The molecule has 0 saturated heterocycles. The lowest BCUT2D eigenvalue weighted by Gasteiger charge is -2.11. The SMILES string of the molecule is COc1cccc2cc(C(=O)Nc3c4c(nn3-c3ccccc3)CCC4)c(=O)oc12. The van der Waals surface area contributed by atoms with Gasteiger partial charge in [-0.25, -0.2) is 9.48 Å². The topological polar surface area (TPSA) is 86.4 Å². The molecule has 0 saturated carbocycles. The number of benzene rings is 2. The summed E-state index contributed by atoms with van der Waals surface area (Å²) in [6.07, 6.45) is 2.70. The van der Waals surface area contributed by atoms with E-state index in [0.717, 1.165) is 36.2 Å². The van der Waals surface area contributed by atoms with E-state index in [9.17, 15) is 9.59 Å². The average molecular weight is 401 g/mol. The van der Waals surface area contributed by atoms with Crippen molar-refractivity contribution in [3.8, 4) is 11.4 Å². The lowest BCUT2D eigenvalue weighted by Crippen LogP contribution is -2.22. The van der Waals surface area contributed by atoms with Crippen LogP contribution < -0.4 is 15.7 Å². The molecule has 2 heterocycles. The van der Waals surface area contributed by atoms with Crippen LogP contribution in [0.5, 0.6) is 5.75 Å². The van der Waals surface area contributed by atoms with Crippen molar-refractivity contribution < 1.29 is 13.9 Å². The Kier molecular flexibility index (Phi) is 4.35. The van der Waals surface area contributed by atoms with E-state index in [1.165, 1.54) is 13.2 Å². The van der Waals surface area contributed by atoms with Crippen molar-refractivity contribution in [3.05, 3.63) is 81.8 Å². The maximum absolute atomic E-state index is 13.1. The molecule has 0 unspecified atom stereocenters. The summed E-state index contributed by atoms with van der Waals surface area (Å²) in [5.74, 6) is 0.514. The van der Waals surface area contributed by atoms with E-state index in [2.05, 4.69) is 10.4 Å². The third-order valence-electron chi connectivity index (χ3n) is 5.33. The summed E-state index contributed by atoms with van der Waals surface area (Å²) >= 11 is 0. The highest BCUT2D eigenvalue weighted by Crippen LogP contribution is 2.31. The number of methoxy groups -OCH3 is 1. The summed E-state index contributed by atoms with van der Waals surface area (Å²) < 4.78 is 12.4. The Morgan fingerprint density at radius 2 is 1.97 bits per heavy atom. The number of carbonyl (C=O) groups is 1. The monoisotopic (exact) mass is 401 g/mol. The number of hydrogen-bond donors (Lipinski definition) is 1. The van der Waals surface area contributed by atoms with Crippen LogP contribution in [-0.4, -0.2) is 22.8 Å². The van der Waals surface area contributed by atoms with E-state index in [1.807, 2.05) is 30.3 Å². The molecule has 1 aliphatic carbocycles. The molecule has 30 heavy (non-hydrogen) atoms. The summed E-state index contributed by atoms with van der Waals surface area (Å²) in [5, 5.41) is 8.21. The molecule has 5 rings (SSSR count). The highest BCUT2D eigenvalue weighted by atomic mass is 16.5. The number of aromatic nitrogens is 2. The van der Waals surface area contributed by atoms with Crippen molar-refractivity contribution in [1.82, 2.24) is 9.78 Å². The Labute approximate surface area is 171 Å². The van der Waals surface area contributed by atoms with E-state index >= 15 is 0 Å². The first-order chi connectivity index (χ1) is 14.7. The highest BCUT2D eigenvalue weighted by Gasteiger charge is 2.25. The quantitative estimate of drug-likeness (QED) is 0.527. The van der Waals surface area contributed by atoms with Gasteiger partial charge in [-0.15, -0.1) is 0 Å². The zero-order valence-corrected chi connectivity index (χ0v) is 16.3. The average Bonchev–Trinajstić information content (AvgIpc) is 3.36. The molecule has 2 aromatic heterocycles. The zero-order valence-electron chi connectivity index (χ0n) is 16.3. The molecule has 0 atom stereocenters. The molecule has 1 amide bonds. The van der Waals surface area contributed by atoms with Crippen LogP contribution in [0.15, 0.2) is 63.8 Å². The predicted octanol–water partition coefficient (Wildman–Crippen LogP) is 3.73. The van der Waals surface area contributed by atoms with Crippen molar-refractivity contribution >= 4 is 22.7 Å². The molecule has 0 fully saturated rings. The fourth-order valence-electron chi connectivity index (χ4n) is 3.89. The largest absolute Gasteiger partial charge is 0.493 e. The number of anilines is 1. The lowest BCUT2D eigenvalue weighted by atomic mass is 10.1. The number of aryl methyl sites for hydroxylation is 1. The smallest absolute Gasteiger partial charge is 0.349 e. The normalized spacial score (nSPS) is 12.7. The number of para-hydroxylation sites is 2. The van der Waals surface area contributed by atoms with Gasteiger partial charge in [0.05, 0.1) is 18.5 Å². The minimum atomic E-state index is -0.716. The number of amides is 1. The predicted molar refractivity (Wildman–Crippen MR) is 113 cm³/mol. The summed E-state index contributed by atoms with van der Waals surface area (Å²) in [6.45, 7) is 0. The lowest BCUT2D eigenvalue weighted by molar-refractivity contribution is 0.102. The molecule has 1 N–H and O–H groups in total. The Bertz CT molecular complexity index is 1320. The van der Waals surface area contributed by atoms with Gasteiger partial charge in [-0.05, 0) is 43.5 Å². The van der Waals surface area contributed by atoms with Crippen LogP contribution in [0.1, 0.15) is 28.0 Å². The first kappa shape index (κ1) is 18.2. The molecule has 150 valence electrons. The Hall–Kier alpha value is -3.87. The molecule has 0 bridgehead atoms. The Morgan fingerprint density at radius 1 is 1.13 bits per heavy atom. The number of ether oxygens (including phenoxy) is 1. The second kappa shape index (κ2) is 7.18. The third-order valence-corrected chi connectivity index (χ3v) is 5.33.